The largest absolute Gasteiger partial charge is 0.468 e. The van der Waals surface area contributed by atoms with Crippen molar-refractivity contribution in [3.05, 3.63) is 42.7 Å². The number of H-pyrrole nitrogens is 2. The van der Waals surface area contributed by atoms with Crippen LogP contribution < -0.4 is 15.4 Å². The summed E-state index contributed by atoms with van der Waals surface area (Å²) in [7, 11) is 0. The first-order valence-corrected chi connectivity index (χ1v) is 9.08. The SMILES string of the molecule is CC(C)NC(=O)COc1ccc(-c2nc(Nc3ccc4[nH]ncc4c3)n[nH]2)cn1. The number of amides is 1. The Morgan fingerprint density at radius 2 is 2.07 bits per heavy atom. The number of carbonyl (C=O) groups is 1. The Balaban J connectivity index is 1.39. The number of aromatic amines is 2. The van der Waals surface area contributed by atoms with Gasteiger partial charge in [-0.15, -0.1) is 5.10 Å². The Bertz CT molecular complexity index is 1120. The van der Waals surface area contributed by atoms with E-state index in [1.807, 2.05) is 32.0 Å². The summed E-state index contributed by atoms with van der Waals surface area (Å²) in [5.41, 5.74) is 2.56. The van der Waals surface area contributed by atoms with Gasteiger partial charge in [-0.3, -0.25) is 15.0 Å². The van der Waals surface area contributed by atoms with Crippen LogP contribution in [0.5, 0.6) is 5.88 Å². The summed E-state index contributed by atoms with van der Waals surface area (Å²) in [5, 5.41) is 20.9. The lowest BCUT2D eigenvalue weighted by atomic mass is 10.2. The lowest BCUT2D eigenvalue weighted by molar-refractivity contribution is -0.123. The van der Waals surface area contributed by atoms with E-state index in [-0.39, 0.29) is 18.6 Å². The van der Waals surface area contributed by atoms with Crippen LogP contribution in [0.25, 0.3) is 22.3 Å². The molecule has 4 N–H and O–H groups in total. The molecule has 1 amide bonds. The Kier molecular flexibility index (Phi) is 5.06. The topological polar surface area (TPSA) is 134 Å². The fourth-order valence-electron chi connectivity index (χ4n) is 2.71. The van der Waals surface area contributed by atoms with Crippen LogP contribution >= 0.6 is 0 Å². The van der Waals surface area contributed by atoms with Gasteiger partial charge in [0.1, 0.15) is 0 Å². The summed E-state index contributed by atoms with van der Waals surface area (Å²) in [5.74, 6) is 1.17. The molecular formula is C19H20N8O2. The van der Waals surface area contributed by atoms with Gasteiger partial charge in [0.2, 0.25) is 11.8 Å². The van der Waals surface area contributed by atoms with Crippen molar-refractivity contribution in [3.8, 4) is 17.3 Å². The number of rotatable bonds is 7. The molecule has 10 nitrogen and oxygen atoms in total. The molecule has 1 aromatic carbocycles. The van der Waals surface area contributed by atoms with Gasteiger partial charge in [-0.1, -0.05) is 0 Å². The minimum absolute atomic E-state index is 0.0669. The van der Waals surface area contributed by atoms with Gasteiger partial charge in [0.15, 0.2) is 12.4 Å². The smallest absolute Gasteiger partial charge is 0.258 e. The monoisotopic (exact) mass is 392 g/mol. The van der Waals surface area contributed by atoms with Gasteiger partial charge < -0.3 is 15.4 Å². The number of aromatic nitrogens is 6. The third-order valence-electron chi connectivity index (χ3n) is 3.99. The first-order chi connectivity index (χ1) is 14.1. The van der Waals surface area contributed by atoms with E-state index in [1.54, 1.807) is 24.5 Å². The fourth-order valence-corrected chi connectivity index (χ4v) is 2.71. The molecule has 4 aromatic rings. The van der Waals surface area contributed by atoms with E-state index in [4.69, 9.17) is 4.74 Å². The maximum absolute atomic E-state index is 11.6. The van der Waals surface area contributed by atoms with Gasteiger partial charge in [-0.05, 0) is 38.1 Å². The fraction of sp³-hybridized carbons (Fsp3) is 0.211. The second-order valence-electron chi connectivity index (χ2n) is 6.70. The van der Waals surface area contributed by atoms with Crippen molar-refractivity contribution >= 4 is 28.4 Å². The van der Waals surface area contributed by atoms with E-state index in [0.717, 1.165) is 22.2 Å². The molecule has 0 fully saturated rings. The zero-order valence-corrected chi connectivity index (χ0v) is 15.9. The molecule has 0 aliphatic rings. The molecule has 0 saturated heterocycles. The number of carbonyl (C=O) groups excluding carboxylic acids is 1. The van der Waals surface area contributed by atoms with Crippen LogP contribution in [0.1, 0.15) is 13.8 Å². The highest BCUT2D eigenvalue weighted by Gasteiger charge is 2.09. The molecule has 0 radical (unpaired) electrons. The van der Waals surface area contributed by atoms with Crippen molar-refractivity contribution in [3.63, 3.8) is 0 Å². The average molecular weight is 392 g/mol. The zero-order chi connectivity index (χ0) is 20.2. The van der Waals surface area contributed by atoms with E-state index in [9.17, 15) is 4.79 Å². The Hall–Kier alpha value is -3.95. The van der Waals surface area contributed by atoms with Crippen molar-refractivity contribution in [2.45, 2.75) is 19.9 Å². The van der Waals surface area contributed by atoms with Crippen molar-refractivity contribution in [1.82, 2.24) is 35.7 Å². The number of fused-ring (bicyclic) bond motifs is 1. The molecule has 0 aliphatic heterocycles. The van der Waals surface area contributed by atoms with Crippen LogP contribution in [-0.4, -0.2) is 48.9 Å². The standard InChI is InChI=1S/C19H20N8O2/c1-11(2)22-16(28)10-29-17-6-3-12(8-20-17)18-24-19(27-26-18)23-14-4-5-15-13(7-14)9-21-25-15/h3-9,11H,10H2,1-2H3,(H,21,25)(H,22,28)(H2,23,24,26,27). The van der Waals surface area contributed by atoms with E-state index < -0.39 is 0 Å². The third-order valence-corrected chi connectivity index (χ3v) is 3.99. The molecule has 0 aliphatic carbocycles. The Morgan fingerprint density at radius 1 is 1.17 bits per heavy atom. The van der Waals surface area contributed by atoms with Gasteiger partial charge in [-0.25, -0.2) is 4.98 Å². The molecular weight excluding hydrogens is 372 g/mol. The van der Waals surface area contributed by atoms with Crippen LogP contribution in [0, 0.1) is 0 Å². The van der Waals surface area contributed by atoms with E-state index in [0.29, 0.717) is 17.7 Å². The average Bonchev–Trinajstić information content (AvgIpc) is 3.35. The number of ether oxygens (including phenoxy) is 1. The molecule has 10 heteroatoms. The maximum Gasteiger partial charge on any atom is 0.258 e. The first kappa shape index (κ1) is 18.4. The second kappa shape index (κ2) is 7.97. The van der Waals surface area contributed by atoms with E-state index in [1.165, 1.54) is 0 Å². The summed E-state index contributed by atoms with van der Waals surface area (Å²) < 4.78 is 5.38. The van der Waals surface area contributed by atoms with Crippen LogP contribution in [0.4, 0.5) is 11.6 Å². The molecule has 3 aromatic heterocycles. The number of benzene rings is 1. The number of nitrogens with zero attached hydrogens (tertiary/aromatic N) is 4. The van der Waals surface area contributed by atoms with Crippen LogP contribution in [0.15, 0.2) is 42.7 Å². The van der Waals surface area contributed by atoms with Crippen molar-refractivity contribution in [2.24, 2.45) is 0 Å². The van der Waals surface area contributed by atoms with Gasteiger partial charge in [-0.2, -0.15) is 10.1 Å². The summed E-state index contributed by atoms with van der Waals surface area (Å²) in [6.45, 7) is 3.70. The maximum atomic E-state index is 11.6. The molecule has 29 heavy (non-hydrogen) atoms. The van der Waals surface area contributed by atoms with Crippen LogP contribution in [0.3, 0.4) is 0 Å². The number of hydrogen-bond donors (Lipinski definition) is 4. The number of hydrogen-bond acceptors (Lipinski definition) is 7. The molecule has 0 atom stereocenters. The van der Waals surface area contributed by atoms with E-state index in [2.05, 4.69) is 41.0 Å². The summed E-state index contributed by atoms with van der Waals surface area (Å²) >= 11 is 0. The number of anilines is 2. The van der Waals surface area contributed by atoms with Gasteiger partial charge in [0.05, 0.1) is 11.7 Å². The molecule has 4 rings (SSSR count). The van der Waals surface area contributed by atoms with Crippen LogP contribution in [-0.2, 0) is 4.79 Å². The van der Waals surface area contributed by atoms with Crippen molar-refractivity contribution in [2.75, 3.05) is 11.9 Å². The lowest BCUT2D eigenvalue weighted by Crippen LogP contribution is -2.34. The predicted molar refractivity (Wildman–Crippen MR) is 108 cm³/mol. The van der Waals surface area contributed by atoms with Crippen LogP contribution in [0.2, 0.25) is 0 Å². The highest BCUT2D eigenvalue weighted by molar-refractivity contribution is 5.82. The zero-order valence-electron chi connectivity index (χ0n) is 15.9. The second-order valence-corrected chi connectivity index (χ2v) is 6.70. The summed E-state index contributed by atoms with van der Waals surface area (Å²) in [4.78, 5) is 20.3. The number of pyridine rings is 1. The quantitative estimate of drug-likeness (QED) is 0.379. The normalized spacial score (nSPS) is 11.0. The van der Waals surface area contributed by atoms with Gasteiger partial charge in [0, 0.05) is 34.9 Å². The lowest BCUT2D eigenvalue weighted by Gasteiger charge is -2.09. The minimum atomic E-state index is -0.189. The molecule has 0 unspecified atom stereocenters. The summed E-state index contributed by atoms with van der Waals surface area (Å²) in [6, 6.07) is 9.35. The summed E-state index contributed by atoms with van der Waals surface area (Å²) in [6.07, 6.45) is 3.36. The Labute approximate surface area is 166 Å². The highest BCUT2D eigenvalue weighted by Crippen LogP contribution is 2.21. The Morgan fingerprint density at radius 3 is 2.86 bits per heavy atom. The molecule has 0 spiro atoms. The predicted octanol–water partition coefficient (Wildman–Crippen LogP) is 2.39. The van der Waals surface area contributed by atoms with Gasteiger partial charge >= 0.3 is 0 Å². The first-order valence-electron chi connectivity index (χ1n) is 9.08. The highest BCUT2D eigenvalue weighted by atomic mass is 16.5. The third kappa shape index (κ3) is 4.49. The molecule has 0 bridgehead atoms. The molecule has 0 saturated carbocycles. The minimum Gasteiger partial charge on any atom is -0.468 e. The number of nitrogens with one attached hydrogen (secondary N) is 4. The van der Waals surface area contributed by atoms with E-state index >= 15 is 0 Å². The van der Waals surface area contributed by atoms with Crippen molar-refractivity contribution in [1.29, 1.82) is 0 Å². The van der Waals surface area contributed by atoms with Crippen molar-refractivity contribution < 1.29 is 9.53 Å². The van der Waals surface area contributed by atoms with Gasteiger partial charge in [0.25, 0.3) is 5.91 Å². The molecule has 3 heterocycles. The molecule has 148 valence electrons.